The van der Waals surface area contributed by atoms with Gasteiger partial charge in [-0.05, 0) is 29.8 Å². The number of para-hydroxylation sites is 1. The number of urea groups is 1. The van der Waals surface area contributed by atoms with E-state index in [1.807, 2.05) is 0 Å². The summed E-state index contributed by atoms with van der Waals surface area (Å²) in [6.45, 7) is 0.390. The van der Waals surface area contributed by atoms with Gasteiger partial charge < -0.3 is 19.9 Å². The summed E-state index contributed by atoms with van der Waals surface area (Å²) in [5.74, 6) is -1.09. The molecule has 9 heteroatoms. The summed E-state index contributed by atoms with van der Waals surface area (Å²) < 4.78 is 18.5. The second kappa shape index (κ2) is 8.16. The highest BCUT2D eigenvalue weighted by atomic mass is 35.5. The van der Waals surface area contributed by atoms with Gasteiger partial charge in [-0.15, -0.1) is 0 Å². The molecule has 0 saturated carbocycles. The molecule has 0 spiro atoms. The van der Waals surface area contributed by atoms with E-state index in [4.69, 9.17) is 16.3 Å². The van der Waals surface area contributed by atoms with E-state index in [-0.39, 0.29) is 10.6 Å². The molecule has 7 nitrogen and oxygen atoms in total. The highest BCUT2D eigenvalue weighted by molar-refractivity contribution is 6.30. The molecule has 1 aliphatic heterocycles. The summed E-state index contributed by atoms with van der Waals surface area (Å²) in [5, 5.41) is 2.75. The van der Waals surface area contributed by atoms with Crippen molar-refractivity contribution >= 4 is 29.3 Å². The number of aromatic amines is 1. The second-order valence-corrected chi connectivity index (χ2v) is 7.16. The van der Waals surface area contributed by atoms with E-state index in [0.29, 0.717) is 29.9 Å². The summed E-state index contributed by atoms with van der Waals surface area (Å²) in [4.78, 5) is 34.3. The maximum Gasteiger partial charge on any atom is 0.339 e. The Morgan fingerprint density at radius 3 is 2.87 bits per heavy atom. The first-order valence-corrected chi connectivity index (χ1v) is 9.59. The zero-order valence-corrected chi connectivity index (χ0v) is 16.7. The fourth-order valence-electron chi connectivity index (χ4n) is 3.58. The Hall–Kier alpha value is -3.39. The van der Waals surface area contributed by atoms with Crippen LogP contribution in [0.2, 0.25) is 5.02 Å². The monoisotopic (exact) mass is 428 g/mol. The number of nitrogens with zero attached hydrogens (tertiary/aromatic N) is 2. The summed E-state index contributed by atoms with van der Waals surface area (Å²) >= 11 is 5.99. The normalized spacial score (nSPS) is 15.4. The molecule has 2 heterocycles. The second-order valence-electron chi connectivity index (χ2n) is 6.75. The van der Waals surface area contributed by atoms with Crippen molar-refractivity contribution in [1.29, 1.82) is 0 Å². The van der Waals surface area contributed by atoms with Crippen molar-refractivity contribution in [1.82, 2.24) is 14.9 Å². The van der Waals surface area contributed by atoms with Crippen LogP contribution in [0, 0.1) is 5.82 Å². The van der Waals surface area contributed by atoms with Gasteiger partial charge in [-0.25, -0.2) is 19.0 Å². The number of carbonyl (C=O) groups is 2. The number of imidazole rings is 1. The highest BCUT2D eigenvalue weighted by Crippen LogP contribution is 2.35. The molecular formula is C21H18ClFN4O3. The van der Waals surface area contributed by atoms with E-state index < -0.39 is 23.9 Å². The molecule has 1 atom stereocenters. The van der Waals surface area contributed by atoms with E-state index in [1.54, 1.807) is 41.6 Å². The summed E-state index contributed by atoms with van der Waals surface area (Å²) in [5.41, 5.74) is 2.77. The van der Waals surface area contributed by atoms with Gasteiger partial charge in [0.2, 0.25) is 0 Å². The number of rotatable bonds is 3. The quantitative estimate of drug-likeness (QED) is 0.613. The van der Waals surface area contributed by atoms with Gasteiger partial charge in [0.25, 0.3) is 0 Å². The topological polar surface area (TPSA) is 87.3 Å². The maximum absolute atomic E-state index is 13.7. The number of esters is 1. The molecule has 3 aromatic rings. The van der Waals surface area contributed by atoms with Gasteiger partial charge >= 0.3 is 12.0 Å². The Bertz CT molecular complexity index is 1120. The summed E-state index contributed by atoms with van der Waals surface area (Å²) in [6, 6.07) is 9.93. The number of H-pyrrole nitrogens is 1. The van der Waals surface area contributed by atoms with Crippen LogP contribution in [0.15, 0.2) is 48.8 Å². The number of anilines is 1. The smallest absolute Gasteiger partial charge is 0.339 e. The lowest BCUT2D eigenvalue weighted by atomic mass is 9.96. The molecule has 0 saturated heterocycles. The minimum absolute atomic E-state index is 0.0356. The van der Waals surface area contributed by atoms with Gasteiger partial charge in [-0.2, -0.15) is 0 Å². The minimum Gasteiger partial charge on any atom is -0.465 e. The number of benzene rings is 2. The van der Waals surface area contributed by atoms with Crippen molar-refractivity contribution in [2.24, 2.45) is 0 Å². The molecule has 1 aliphatic rings. The first-order valence-electron chi connectivity index (χ1n) is 9.21. The molecule has 0 unspecified atom stereocenters. The van der Waals surface area contributed by atoms with Crippen molar-refractivity contribution in [3.8, 4) is 0 Å². The third-order valence-electron chi connectivity index (χ3n) is 5.02. The van der Waals surface area contributed by atoms with Gasteiger partial charge in [-0.3, -0.25) is 0 Å². The van der Waals surface area contributed by atoms with E-state index >= 15 is 0 Å². The van der Waals surface area contributed by atoms with E-state index in [1.165, 1.54) is 19.2 Å². The maximum atomic E-state index is 13.7. The highest BCUT2D eigenvalue weighted by Gasteiger charge is 2.34. The molecule has 0 aliphatic carbocycles. The molecule has 1 aromatic heterocycles. The molecule has 30 heavy (non-hydrogen) atoms. The van der Waals surface area contributed by atoms with Crippen LogP contribution in [-0.4, -0.2) is 40.5 Å². The summed E-state index contributed by atoms with van der Waals surface area (Å²) in [7, 11) is 1.28. The Labute approximate surface area is 176 Å². The number of amides is 2. The third kappa shape index (κ3) is 3.61. The van der Waals surface area contributed by atoms with Crippen LogP contribution < -0.4 is 5.32 Å². The largest absolute Gasteiger partial charge is 0.465 e. The SMILES string of the molecule is COC(=O)c1ccccc1NC(=O)N1CCc2[nH]cnc2[C@H]1c1ccc(F)c(Cl)c1. The third-order valence-corrected chi connectivity index (χ3v) is 5.31. The molecule has 4 rings (SSSR count). The molecular weight excluding hydrogens is 411 g/mol. The van der Waals surface area contributed by atoms with E-state index in [0.717, 1.165) is 5.69 Å². The van der Waals surface area contributed by atoms with Gasteiger partial charge in [0.15, 0.2) is 0 Å². The Morgan fingerprint density at radius 1 is 1.30 bits per heavy atom. The van der Waals surface area contributed by atoms with Crippen LogP contribution in [-0.2, 0) is 11.2 Å². The van der Waals surface area contributed by atoms with Crippen molar-refractivity contribution in [3.63, 3.8) is 0 Å². The van der Waals surface area contributed by atoms with Gasteiger partial charge in [0.1, 0.15) is 11.9 Å². The molecule has 154 valence electrons. The predicted molar refractivity (Wildman–Crippen MR) is 109 cm³/mol. The fourth-order valence-corrected chi connectivity index (χ4v) is 3.77. The lowest BCUT2D eigenvalue weighted by Crippen LogP contribution is -2.43. The van der Waals surface area contributed by atoms with Gasteiger partial charge in [-0.1, -0.05) is 29.8 Å². The molecule has 2 amide bonds. The van der Waals surface area contributed by atoms with Crippen LogP contribution in [0.4, 0.5) is 14.9 Å². The number of hydrogen-bond donors (Lipinski definition) is 2. The van der Waals surface area contributed by atoms with Gasteiger partial charge in [0, 0.05) is 18.7 Å². The Kier molecular flexibility index (Phi) is 5.41. The number of ether oxygens (including phenoxy) is 1. The first-order chi connectivity index (χ1) is 14.5. The Morgan fingerprint density at radius 2 is 2.10 bits per heavy atom. The summed E-state index contributed by atoms with van der Waals surface area (Å²) in [6.07, 6.45) is 2.14. The van der Waals surface area contributed by atoms with Crippen molar-refractivity contribution in [3.05, 3.63) is 82.1 Å². The molecule has 0 fully saturated rings. The molecule has 2 N–H and O–H groups in total. The van der Waals surface area contributed by atoms with Crippen LogP contribution >= 0.6 is 11.6 Å². The first kappa shape index (κ1) is 19.9. The van der Waals surface area contributed by atoms with Crippen LogP contribution in [0.25, 0.3) is 0 Å². The zero-order valence-electron chi connectivity index (χ0n) is 16.0. The lowest BCUT2D eigenvalue weighted by Gasteiger charge is -2.35. The van der Waals surface area contributed by atoms with Crippen LogP contribution in [0.5, 0.6) is 0 Å². The molecule has 0 radical (unpaired) electrons. The average molecular weight is 429 g/mol. The minimum atomic E-state index is -0.566. The number of hydrogen-bond acceptors (Lipinski definition) is 4. The predicted octanol–water partition coefficient (Wildman–Crippen LogP) is 4.17. The number of nitrogens with one attached hydrogen (secondary N) is 2. The van der Waals surface area contributed by atoms with E-state index in [9.17, 15) is 14.0 Å². The number of halogens is 2. The molecule has 0 bridgehead atoms. The molecule has 2 aromatic carbocycles. The Balaban J connectivity index is 1.69. The van der Waals surface area contributed by atoms with E-state index in [2.05, 4.69) is 15.3 Å². The average Bonchev–Trinajstić information content (AvgIpc) is 3.23. The number of aromatic nitrogens is 2. The number of fused-ring (bicyclic) bond motifs is 1. The zero-order chi connectivity index (χ0) is 21.3. The fraction of sp³-hybridized carbons (Fsp3) is 0.190. The van der Waals surface area contributed by atoms with Crippen molar-refractivity contribution < 1.29 is 18.7 Å². The van der Waals surface area contributed by atoms with Crippen molar-refractivity contribution in [2.45, 2.75) is 12.5 Å². The standard InChI is InChI=1S/C21H18ClFN4O3/c1-30-20(28)13-4-2-3-5-16(13)26-21(29)27-9-8-17-18(25-11-24-17)19(27)12-6-7-15(23)14(22)10-12/h2-7,10-11,19H,8-9H2,1H3,(H,24,25)(H,26,29)/t19-/m1/s1. The van der Waals surface area contributed by atoms with Crippen molar-refractivity contribution in [2.75, 3.05) is 19.0 Å². The number of methoxy groups -OCH3 is 1. The van der Waals surface area contributed by atoms with Crippen LogP contribution in [0.3, 0.4) is 0 Å². The number of carbonyl (C=O) groups excluding carboxylic acids is 2. The van der Waals surface area contributed by atoms with Crippen LogP contribution in [0.1, 0.15) is 33.4 Å². The lowest BCUT2D eigenvalue weighted by molar-refractivity contribution is 0.0602. The van der Waals surface area contributed by atoms with Gasteiger partial charge in [0.05, 0.1) is 35.4 Å².